The molecule has 1 heterocycles. The second-order valence-corrected chi connectivity index (χ2v) is 7.87. The van der Waals surface area contributed by atoms with Gasteiger partial charge in [0.05, 0.1) is 5.92 Å². The highest BCUT2D eigenvalue weighted by Crippen LogP contribution is 2.32. The van der Waals surface area contributed by atoms with E-state index < -0.39 is 0 Å². The molecule has 24 heavy (non-hydrogen) atoms. The molecule has 2 amide bonds. The average molecular weight is 346 g/mol. The molecule has 0 radical (unpaired) electrons. The number of amides is 2. The number of carbonyl (C=O) groups excluding carboxylic acids is 2. The monoisotopic (exact) mass is 346 g/mol. The van der Waals surface area contributed by atoms with Crippen LogP contribution in [0.5, 0.6) is 0 Å². The zero-order valence-electron chi connectivity index (χ0n) is 14.1. The summed E-state index contributed by atoms with van der Waals surface area (Å²) in [5, 5.41) is 3.05. The Morgan fingerprint density at radius 3 is 2.67 bits per heavy atom. The molecule has 5 heteroatoms. The van der Waals surface area contributed by atoms with Crippen LogP contribution < -0.4 is 5.32 Å². The summed E-state index contributed by atoms with van der Waals surface area (Å²) >= 11 is 1.82. The Morgan fingerprint density at radius 1 is 1.12 bits per heavy atom. The third kappa shape index (κ3) is 5.00. The minimum Gasteiger partial charge on any atom is -0.356 e. The van der Waals surface area contributed by atoms with Gasteiger partial charge in [0.15, 0.2) is 0 Å². The van der Waals surface area contributed by atoms with E-state index in [-0.39, 0.29) is 23.7 Å². The first-order chi connectivity index (χ1) is 11.7. The first-order valence-corrected chi connectivity index (χ1v) is 9.97. The van der Waals surface area contributed by atoms with Crippen LogP contribution in [0.15, 0.2) is 35.2 Å². The second-order valence-electron chi connectivity index (χ2n) is 6.70. The lowest BCUT2D eigenvalue weighted by Crippen LogP contribution is -2.46. The number of nitrogens with one attached hydrogen (secondary N) is 1. The van der Waals surface area contributed by atoms with Crippen molar-refractivity contribution in [2.24, 2.45) is 11.8 Å². The number of nitrogens with zero attached hydrogens (tertiary/aromatic N) is 1. The van der Waals surface area contributed by atoms with Gasteiger partial charge >= 0.3 is 0 Å². The fraction of sp³-hybridized carbons (Fsp3) is 0.579. The smallest absolute Gasteiger partial charge is 0.225 e. The summed E-state index contributed by atoms with van der Waals surface area (Å²) in [6.07, 6.45) is 4.87. The molecule has 130 valence electrons. The van der Waals surface area contributed by atoms with Crippen LogP contribution in [0.4, 0.5) is 0 Å². The molecule has 1 aliphatic heterocycles. The fourth-order valence-electron chi connectivity index (χ4n) is 3.11. The zero-order valence-corrected chi connectivity index (χ0v) is 14.9. The van der Waals surface area contributed by atoms with Gasteiger partial charge < -0.3 is 10.2 Å². The van der Waals surface area contributed by atoms with Crippen LogP contribution in [0.25, 0.3) is 0 Å². The zero-order chi connectivity index (χ0) is 16.8. The van der Waals surface area contributed by atoms with Crippen molar-refractivity contribution in [3.63, 3.8) is 0 Å². The standard InChI is InChI=1S/C19H26N2O2S/c22-18(20-11-5-13-24-17-7-2-1-3-8-17)16-6-4-12-21(14-16)19(23)15-9-10-15/h1-3,7-8,15-16H,4-6,9-14H2,(H,20,22). The fourth-order valence-corrected chi connectivity index (χ4v) is 3.99. The molecule has 2 aliphatic rings. The van der Waals surface area contributed by atoms with Crippen molar-refractivity contribution in [1.82, 2.24) is 10.2 Å². The van der Waals surface area contributed by atoms with E-state index in [1.54, 1.807) is 0 Å². The van der Waals surface area contributed by atoms with Gasteiger partial charge in [0, 0.05) is 30.4 Å². The summed E-state index contributed by atoms with van der Waals surface area (Å²) < 4.78 is 0. The van der Waals surface area contributed by atoms with E-state index in [0.717, 1.165) is 44.4 Å². The van der Waals surface area contributed by atoms with Crippen molar-refractivity contribution in [2.45, 2.75) is 37.0 Å². The van der Waals surface area contributed by atoms with Crippen LogP contribution in [0.1, 0.15) is 32.1 Å². The highest BCUT2D eigenvalue weighted by Gasteiger charge is 2.36. The second kappa shape index (κ2) is 8.56. The molecule has 2 fully saturated rings. The maximum Gasteiger partial charge on any atom is 0.225 e. The molecule has 1 aliphatic carbocycles. The average Bonchev–Trinajstić information content (AvgIpc) is 3.47. The summed E-state index contributed by atoms with van der Waals surface area (Å²) in [6, 6.07) is 10.3. The topological polar surface area (TPSA) is 49.4 Å². The maximum atomic E-state index is 12.3. The van der Waals surface area contributed by atoms with Crippen molar-refractivity contribution < 1.29 is 9.59 Å². The highest BCUT2D eigenvalue weighted by atomic mass is 32.2. The first kappa shape index (κ1) is 17.3. The number of carbonyl (C=O) groups is 2. The van der Waals surface area contributed by atoms with E-state index in [2.05, 4.69) is 17.4 Å². The Hall–Kier alpha value is -1.49. The predicted octanol–water partition coefficient (Wildman–Crippen LogP) is 2.93. The van der Waals surface area contributed by atoms with E-state index in [1.165, 1.54) is 4.90 Å². The van der Waals surface area contributed by atoms with Gasteiger partial charge in [-0.15, -0.1) is 11.8 Å². The van der Waals surface area contributed by atoms with Crippen molar-refractivity contribution in [3.8, 4) is 0 Å². The highest BCUT2D eigenvalue weighted by molar-refractivity contribution is 7.99. The van der Waals surface area contributed by atoms with Gasteiger partial charge in [-0.05, 0) is 50.0 Å². The summed E-state index contributed by atoms with van der Waals surface area (Å²) in [6.45, 7) is 2.15. The number of hydrogen-bond acceptors (Lipinski definition) is 3. The van der Waals surface area contributed by atoms with Crippen LogP contribution in [0, 0.1) is 11.8 Å². The molecule has 1 saturated carbocycles. The Balaban J connectivity index is 1.33. The van der Waals surface area contributed by atoms with Gasteiger partial charge in [-0.25, -0.2) is 0 Å². The molecule has 0 bridgehead atoms. The van der Waals surface area contributed by atoms with Crippen molar-refractivity contribution in [2.75, 3.05) is 25.4 Å². The van der Waals surface area contributed by atoms with Gasteiger partial charge in [-0.3, -0.25) is 9.59 Å². The lowest BCUT2D eigenvalue weighted by atomic mass is 9.96. The van der Waals surface area contributed by atoms with Crippen LogP contribution in [0.2, 0.25) is 0 Å². The molecule has 1 unspecified atom stereocenters. The third-order valence-corrected chi connectivity index (χ3v) is 5.76. The lowest BCUT2D eigenvalue weighted by molar-refractivity contribution is -0.136. The number of benzene rings is 1. The first-order valence-electron chi connectivity index (χ1n) is 8.98. The molecule has 3 rings (SSSR count). The molecule has 1 aromatic rings. The third-order valence-electron chi connectivity index (χ3n) is 4.66. The quantitative estimate of drug-likeness (QED) is 0.610. The van der Waals surface area contributed by atoms with Gasteiger partial charge in [0.2, 0.25) is 11.8 Å². The number of piperidine rings is 1. The normalized spacial score (nSPS) is 20.7. The van der Waals surface area contributed by atoms with E-state index >= 15 is 0 Å². The summed E-state index contributed by atoms with van der Waals surface area (Å²) in [5.41, 5.74) is 0. The maximum absolute atomic E-state index is 12.3. The Bertz CT molecular complexity index is 560. The summed E-state index contributed by atoms with van der Waals surface area (Å²) in [4.78, 5) is 27.7. The molecular weight excluding hydrogens is 320 g/mol. The van der Waals surface area contributed by atoms with Crippen molar-refractivity contribution >= 4 is 23.6 Å². The Kier molecular flexibility index (Phi) is 6.18. The van der Waals surface area contributed by atoms with Gasteiger partial charge in [-0.1, -0.05) is 18.2 Å². The van der Waals surface area contributed by atoms with Gasteiger partial charge in [-0.2, -0.15) is 0 Å². The summed E-state index contributed by atoms with van der Waals surface area (Å²) in [7, 11) is 0. The molecule has 1 saturated heterocycles. The van der Waals surface area contributed by atoms with Crippen LogP contribution >= 0.6 is 11.8 Å². The Labute approximate surface area is 148 Å². The van der Waals surface area contributed by atoms with Gasteiger partial charge in [0.1, 0.15) is 0 Å². The number of likely N-dealkylation sites (tertiary alicyclic amines) is 1. The largest absolute Gasteiger partial charge is 0.356 e. The molecule has 1 atom stereocenters. The minimum absolute atomic E-state index is 0.0248. The minimum atomic E-state index is -0.0248. The molecule has 1 N–H and O–H groups in total. The lowest BCUT2D eigenvalue weighted by Gasteiger charge is -2.32. The van der Waals surface area contributed by atoms with Crippen LogP contribution in [0.3, 0.4) is 0 Å². The summed E-state index contributed by atoms with van der Waals surface area (Å²) in [5.74, 6) is 1.62. The molecule has 1 aromatic carbocycles. The van der Waals surface area contributed by atoms with Crippen LogP contribution in [-0.4, -0.2) is 42.1 Å². The number of rotatable bonds is 7. The van der Waals surface area contributed by atoms with Gasteiger partial charge in [0.25, 0.3) is 0 Å². The van der Waals surface area contributed by atoms with Crippen molar-refractivity contribution in [1.29, 1.82) is 0 Å². The van der Waals surface area contributed by atoms with E-state index in [4.69, 9.17) is 0 Å². The van der Waals surface area contributed by atoms with E-state index in [9.17, 15) is 9.59 Å². The SMILES string of the molecule is O=C(NCCCSc1ccccc1)C1CCCN(C(=O)C2CC2)C1. The number of thioether (sulfide) groups is 1. The molecule has 0 aromatic heterocycles. The van der Waals surface area contributed by atoms with E-state index in [0.29, 0.717) is 13.1 Å². The van der Waals surface area contributed by atoms with Crippen LogP contribution in [-0.2, 0) is 9.59 Å². The number of hydrogen-bond donors (Lipinski definition) is 1. The predicted molar refractivity (Wildman–Crippen MR) is 96.8 cm³/mol. The molecule has 4 nitrogen and oxygen atoms in total. The molecular formula is C19H26N2O2S. The molecule has 0 spiro atoms. The van der Waals surface area contributed by atoms with E-state index in [1.807, 2.05) is 34.9 Å². The van der Waals surface area contributed by atoms with Crippen molar-refractivity contribution in [3.05, 3.63) is 30.3 Å². The Morgan fingerprint density at radius 2 is 1.92 bits per heavy atom.